The highest BCUT2D eigenvalue weighted by atomic mass is 32.1. The number of carbonyl (C=O) groups is 1. The maximum atomic E-state index is 10.6. The summed E-state index contributed by atoms with van der Waals surface area (Å²) in [6, 6.07) is 0. The Morgan fingerprint density at radius 2 is 2.30 bits per heavy atom. The Hall–Kier alpha value is 0.130. The Labute approximate surface area is 71.0 Å². The summed E-state index contributed by atoms with van der Waals surface area (Å²) >= 11 is 7.70. The van der Waals surface area contributed by atoms with Gasteiger partial charge in [0.2, 0.25) is 5.91 Å². The molecule has 0 fully saturated rings. The van der Waals surface area contributed by atoms with Crippen molar-refractivity contribution in [2.45, 2.75) is 11.8 Å². The molecule has 0 heterocycles. The lowest BCUT2D eigenvalue weighted by atomic mass is 10.3. The van der Waals surface area contributed by atoms with E-state index < -0.39 is 4.87 Å². The summed E-state index contributed by atoms with van der Waals surface area (Å²) in [5, 5.41) is 11.1. The van der Waals surface area contributed by atoms with Gasteiger partial charge in [0.25, 0.3) is 0 Å². The van der Waals surface area contributed by atoms with Crippen molar-refractivity contribution in [3.63, 3.8) is 0 Å². The number of thiol groups is 2. The highest BCUT2D eigenvalue weighted by Gasteiger charge is 2.18. The summed E-state index contributed by atoms with van der Waals surface area (Å²) in [7, 11) is 0. The second kappa shape index (κ2) is 4.10. The Bertz CT molecular complexity index is 127. The van der Waals surface area contributed by atoms with Gasteiger partial charge in [-0.25, -0.2) is 0 Å². The van der Waals surface area contributed by atoms with Gasteiger partial charge in [-0.1, -0.05) is 0 Å². The second-order valence-electron chi connectivity index (χ2n) is 2.14. The third kappa shape index (κ3) is 4.03. The third-order valence-electron chi connectivity index (χ3n) is 0.860. The molecular weight excluding hydrogens is 170 g/mol. The van der Waals surface area contributed by atoms with E-state index in [9.17, 15) is 4.79 Å². The van der Waals surface area contributed by atoms with Crippen LogP contribution in [-0.4, -0.2) is 28.2 Å². The smallest absolute Gasteiger partial charge is 0.230 e. The third-order valence-corrected chi connectivity index (χ3v) is 1.40. The molecule has 0 bridgehead atoms. The van der Waals surface area contributed by atoms with E-state index in [1.165, 1.54) is 0 Å². The number of aliphatic hydroxyl groups is 1. The zero-order valence-electron chi connectivity index (χ0n) is 5.66. The minimum Gasteiger partial charge on any atom is -0.393 e. The van der Waals surface area contributed by atoms with Crippen LogP contribution in [0.15, 0.2) is 0 Å². The maximum absolute atomic E-state index is 10.6. The largest absolute Gasteiger partial charge is 0.393 e. The van der Waals surface area contributed by atoms with Crippen LogP contribution < -0.4 is 5.32 Å². The van der Waals surface area contributed by atoms with Crippen molar-refractivity contribution in [3.05, 3.63) is 0 Å². The summed E-state index contributed by atoms with van der Waals surface area (Å²) < 4.78 is 0. The van der Waals surface area contributed by atoms with E-state index in [0.717, 1.165) is 0 Å². The van der Waals surface area contributed by atoms with Crippen LogP contribution in [0.25, 0.3) is 0 Å². The molecule has 1 amide bonds. The topological polar surface area (TPSA) is 49.3 Å². The first-order valence-corrected chi connectivity index (χ1v) is 3.85. The Kier molecular flexibility index (Phi) is 4.15. The van der Waals surface area contributed by atoms with Gasteiger partial charge in [-0.2, -0.15) is 12.6 Å². The van der Waals surface area contributed by atoms with Crippen molar-refractivity contribution in [2.24, 2.45) is 0 Å². The molecule has 3 nitrogen and oxygen atoms in total. The molecule has 0 radical (unpaired) electrons. The molecule has 0 spiro atoms. The monoisotopic (exact) mass is 181 g/mol. The summed E-state index contributed by atoms with van der Waals surface area (Å²) in [6.07, 6.45) is 0. The van der Waals surface area contributed by atoms with E-state index in [-0.39, 0.29) is 18.3 Å². The van der Waals surface area contributed by atoms with E-state index in [1.54, 1.807) is 6.92 Å². The molecule has 0 aliphatic heterocycles. The first kappa shape index (κ1) is 10.1. The number of carbonyl (C=O) groups excluding carboxylic acids is 1. The van der Waals surface area contributed by atoms with Crippen molar-refractivity contribution in [1.29, 1.82) is 0 Å². The van der Waals surface area contributed by atoms with Crippen LogP contribution >= 0.6 is 25.3 Å². The number of nitrogens with one attached hydrogen (secondary N) is 1. The molecule has 2 N–H and O–H groups in total. The number of amides is 1. The van der Waals surface area contributed by atoms with Gasteiger partial charge in [-0.3, -0.25) is 4.79 Å². The molecule has 1 unspecified atom stereocenters. The number of rotatable bonds is 3. The number of aliphatic hydroxyl groups excluding tert-OH is 1. The fourth-order valence-corrected chi connectivity index (χ4v) is 0.583. The molecule has 5 heteroatoms. The van der Waals surface area contributed by atoms with Crippen LogP contribution in [0.1, 0.15) is 6.92 Å². The van der Waals surface area contributed by atoms with Crippen LogP contribution in [-0.2, 0) is 4.79 Å². The normalized spacial score (nSPS) is 16.0. The summed E-state index contributed by atoms with van der Waals surface area (Å²) in [6.45, 7) is 1.41. The van der Waals surface area contributed by atoms with Gasteiger partial charge < -0.3 is 10.4 Å². The summed E-state index contributed by atoms with van der Waals surface area (Å²) in [4.78, 5) is 9.81. The van der Waals surface area contributed by atoms with E-state index in [0.29, 0.717) is 0 Å². The summed E-state index contributed by atoms with van der Waals surface area (Å²) in [5.74, 6) is -0.134. The molecule has 0 aromatic heterocycles. The molecule has 10 heavy (non-hydrogen) atoms. The highest BCUT2D eigenvalue weighted by Crippen LogP contribution is 2.06. The minimum atomic E-state index is -0.834. The van der Waals surface area contributed by atoms with Crippen LogP contribution in [0.5, 0.6) is 0 Å². The maximum Gasteiger partial charge on any atom is 0.230 e. The van der Waals surface area contributed by atoms with Crippen molar-refractivity contribution in [2.75, 3.05) is 12.4 Å². The predicted octanol–water partition coefficient (Wildman–Crippen LogP) is -0.329. The zero-order valence-corrected chi connectivity index (χ0v) is 7.45. The lowest BCUT2D eigenvalue weighted by Crippen LogP contribution is -2.44. The quantitative estimate of drug-likeness (QED) is 0.356. The standard InChI is InChI=1S/C5H11NO2S2/c1-5(10,3-7)6-4(8)2-9/h7,9-10H,2-3H2,1H3,(H,6,8). The first-order chi connectivity index (χ1) is 4.52. The van der Waals surface area contributed by atoms with E-state index in [2.05, 4.69) is 30.6 Å². The molecule has 1 atom stereocenters. The van der Waals surface area contributed by atoms with Gasteiger partial charge in [0.1, 0.15) is 4.87 Å². The fraction of sp³-hybridized carbons (Fsp3) is 0.800. The van der Waals surface area contributed by atoms with Gasteiger partial charge in [-0.15, -0.1) is 12.6 Å². The number of hydrogen-bond donors (Lipinski definition) is 4. The van der Waals surface area contributed by atoms with Gasteiger partial charge in [0.05, 0.1) is 12.4 Å². The van der Waals surface area contributed by atoms with E-state index in [4.69, 9.17) is 5.11 Å². The van der Waals surface area contributed by atoms with Crippen LogP contribution in [0, 0.1) is 0 Å². The highest BCUT2D eigenvalue weighted by molar-refractivity contribution is 7.82. The first-order valence-electron chi connectivity index (χ1n) is 2.77. The van der Waals surface area contributed by atoms with E-state index in [1.807, 2.05) is 0 Å². The predicted molar refractivity (Wildman–Crippen MR) is 46.5 cm³/mol. The zero-order chi connectivity index (χ0) is 8.20. The SMILES string of the molecule is CC(S)(CO)NC(=O)CS. The molecule has 0 saturated heterocycles. The lowest BCUT2D eigenvalue weighted by molar-refractivity contribution is -0.119. The Morgan fingerprint density at radius 1 is 1.80 bits per heavy atom. The van der Waals surface area contributed by atoms with Crippen molar-refractivity contribution >= 4 is 31.2 Å². The van der Waals surface area contributed by atoms with Gasteiger partial charge in [0.15, 0.2) is 0 Å². The molecule has 0 aliphatic carbocycles. The molecule has 0 saturated carbocycles. The molecular formula is C5H11NO2S2. The molecule has 0 aromatic carbocycles. The summed E-state index contributed by atoms with van der Waals surface area (Å²) in [5.41, 5.74) is 0. The van der Waals surface area contributed by atoms with Gasteiger partial charge in [-0.05, 0) is 6.92 Å². The van der Waals surface area contributed by atoms with Gasteiger partial charge >= 0.3 is 0 Å². The second-order valence-corrected chi connectivity index (χ2v) is 3.44. The van der Waals surface area contributed by atoms with Crippen molar-refractivity contribution in [1.82, 2.24) is 5.32 Å². The number of hydrogen-bond acceptors (Lipinski definition) is 4. The molecule has 0 aliphatic rings. The van der Waals surface area contributed by atoms with Crippen molar-refractivity contribution in [3.8, 4) is 0 Å². The Morgan fingerprint density at radius 3 is 2.60 bits per heavy atom. The average Bonchev–Trinajstić information content (AvgIpc) is 1.87. The van der Waals surface area contributed by atoms with Crippen molar-refractivity contribution < 1.29 is 9.90 Å². The van der Waals surface area contributed by atoms with E-state index >= 15 is 0 Å². The Balaban J connectivity index is 3.76. The van der Waals surface area contributed by atoms with Crippen LogP contribution in [0.3, 0.4) is 0 Å². The fourth-order valence-electron chi connectivity index (χ4n) is 0.379. The molecule has 0 aromatic rings. The minimum absolute atomic E-state index is 0.107. The lowest BCUT2D eigenvalue weighted by Gasteiger charge is -2.21. The van der Waals surface area contributed by atoms with Crippen LogP contribution in [0.4, 0.5) is 0 Å². The molecule has 0 rings (SSSR count). The van der Waals surface area contributed by atoms with Crippen LogP contribution in [0.2, 0.25) is 0 Å². The average molecular weight is 181 g/mol. The van der Waals surface area contributed by atoms with Gasteiger partial charge in [0, 0.05) is 0 Å². The molecule has 60 valence electrons.